The average molecular weight is 304 g/mol. The van der Waals surface area contributed by atoms with Gasteiger partial charge in [-0.05, 0) is 35.7 Å². The first-order chi connectivity index (χ1) is 10.7. The second-order valence-corrected chi connectivity index (χ2v) is 4.86. The Bertz CT molecular complexity index is 587. The molecule has 22 heavy (non-hydrogen) atoms. The Hall–Kier alpha value is -2.32. The van der Waals surface area contributed by atoms with Crippen molar-refractivity contribution in [3.8, 4) is 5.69 Å². The molecule has 1 aromatic carbocycles. The van der Waals surface area contributed by atoms with Crippen molar-refractivity contribution in [3.05, 3.63) is 36.2 Å². The summed E-state index contributed by atoms with van der Waals surface area (Å²) in [5.41, 5.74) is 1.32. The summed E-state index contributed by atoms with van der Waals surface area (Å²) in [7, 11) is 3.66. The first-order valence-corrected chi connectivity index (χ1v) is 7.00. The number of hydrogen-bond acceptors (Lipinski definition) is 6. The zero-order chi connectivity index (χ0) is 15.8. The summed E-state index contributed by atoms with van der Waals surface area (Å²) in [6, 6.07) is 7.15. The van der Waals surface area contributed by atoms with Gasteiger partial charge in [0.2, 0.25) is 0 Å². The molecule has 0 bridgehead atoms. The number of methoxy groups -OCH3 is 1. The maximum absolute atomic E-state index is 12.1. The van der Waals surface area contributed by atoms with Crippen molar-refractivity contribution in [2.45, 2.75) is 0 Å². The molecular weight excluding hydrogens is 284 g/mol. The lowest BCUT2D eigenvalue weighted by Crippen LogP contribution is -2.34. The van der Waals surface area contributed by atoms with Gasteiger partial charge in [-0.15, -0.1) is 5.10 Å². The zero-order valence-corrected chi connectivity index (χ0v) is 12.8. The Balaban J connectivity index is 1.86. The van der Waals surface area contributed by atoms with E-state index in [1.54, 1.807) is 25.3 Å². The summed E-state index contributed by atoms with van der Waals surface area (Å²) >= 11 is 0. The van der Waals surface area contributed by atoms with E-state index in [0.717, 1.165) is 18.8 Å². The van der Waals surface area contributed by atoms with Gasteiger partial charge in [-0.25, -0.2) is 4.68 Å². The van der Waals surface area contributed by atoms with Crippen molar-refractivity contribution in [3.63, 3.8) is 0 Å². The van der Waals surface area contributed by atoms with Crippen LogP contribution >= 0.6 is 0 Å². The molecule has 0 saturated heterocycles. The molecule has 2 aromatic rings. The quantitative estimate of drug-likeness (QED) is 0.737. The number of hydrogen-bond donors (Lipinski definition) is 1. The molecule has 8 heteroatoms. The van der Waals surface area contributed by atoms with Crippen molar-refractivity contribution in [1.82, 2.24) is 30.4 Å². The Kier molecular flexibility index (Phi) is 5.99. The highest BCUT2D eigenvalue weighted by Crippen LogP contribution is 2.08. The lowest BCUT2D eigenvalue weighted by molar-refractivity contribution is 0.0947. The molecule has 0 aliphatic heterocycles. The van der Waals surface area contributed by atoms with Crippen LogP contribution in [0.5, 0.6) is 0 Å². The Morgan fingerprint density at radius 3 is 3.00 bits per heavy atom. The van der Waals surface area contributed by atoms with Gasteiger partial charge in [-0.3, -0.25) is 4.79 Å². The number of nitrogens with one attached hydrogen (secondary N) is 1. The van der Waals surface area contributed by atoms with Crippen molar-refractivity contribution >= 4 is 5.91 Å². The van der Waals surface area contributed by atoms with Crippen LogP contribution in [0.3, 0.4) is 0 Å². The van der Waals surface area contributed by atoms with Crippen LogP contribution in [-0.4, -0.2) is 71.4 Å². The molecule has 0 spiro atoms. The van der Waals surface area contributed by atoms with E-state index in [1.807, 2.05) is 13.1 Å². The summed E-state index contributed by atoms with van der Waals surface area (Å²) in [5, 5.41) is 13.9. The number of carbonyl (C=O) groups is 1. The van der Waals surface area contributed by atoms with E-state index in [9.17, 15) is 4.79 Å². The summed E-state index contributed by atoms with van der Waals surface area (Å²) in [5.74, 6) is -0.116. The van der Waals surface area contributed by atoms with Crippen molar-refractivity contribution in [2.24, 2.45) is 0 Å². The molecule has 0 unspecified atom stereocenters. The molecule has 0 saturated carbocycles. The molecule has 1 N–H and O–H groups in total. The molecule has 0 aliphatic carbocycles. The van der Waals surface area contributed by atoms with E-state index < -0.39 is 0 Å². The monoisotopic (exact) mass is 304 g/mol. The molecule has 0 atom stereocenters. The fourth-order valence-corrected chi connectivity index (χ4v) is 1.89. The third kappa shape index (κ3) is 4.61. The molecule has 1 aromatic heterocycles. The molecule has 1 amide bonds. The van der Waals surface area contributed by atoms with Crippen LogP contribution in [0, 0.1) is 0 Å². The second-order valence-electron chi connectivity index (χ2n) is 4.86. The fourth-order valence-electron chi connectivity index (χ4n) is 1.89. The fraction of sp³-hybridized carbons (Fsp3) is 0.429. The highest BCUT2D eigenvalue weighted by Gasteiger charge is 2.07. The minimum absolute atomic E-state index is 0.116. The predicted octanol–water partition coefficient (Wildman–Crippen LogP) is -0.0297. The molecule has 0 aliphatic rings. The standard InChI is InChI=1S/C14H20N6O2/c1-19(8-9-22-2)7-6-15-14(21)12-4-3-5-13(10-12)20-11-16-17-18-20/h3-5,10-11H,6-9H2,1-2H3,(H,15,21). The molecule has 0 fully saturated rings. The van der Waals surface area contributed by atoms with Gasteiger partial charge in [0, 0.05) is 32.3 Å². The first kappa shape index (κ1) is 16.1. The van der Waals surface area contributed by atoms with Gasteiger partial charge in [0.05, 0.1) is 12.3 Å². The van der Waals surface area contributed by atoms with E-state index in [-0.39, 0.29) is 5.91 Å². The smallest absolute Gasteiger partial charge is 0.251 e. The summed E-state index contributed by atoms with van der Waals surface area (Å²) in [4.78, 5) is 14.2. The topological polar surface area (TPSA) is 85.2 Å². The van der Waals surface area contributed by atoms with E-state index in [1.165, 1.54) is 11.0 Å². The number of likely N-dealkylation sites (N-methyl/N-ethyl adjacent to an activating group) is 1. The maximum Gasteiger partial charge on any atom is 0.251 e. The SMILES string of the molecule is COCCN(C)CCNC(=O)c1cccc(-n2cnnn2)c1. The van der Waals surface area contributed by atoms with Gasteiger partial charge in [0.1, 0.15) is 6.33 Å². The van der Waals surface area contributed by atoms with Crippen LogP contribution in [0.2, 0.25) is 0 Å². The van der Waals surface area contributed by atoms with E-state index >= 15 is 0 Å². The Morgan fingerprint density at radius 1 is 1.41 bits per heavy atom. The van der Waals surface area contributed by atoms with Crippen LogP contribution in [0.4, 0.5) is 0 Å². The van der Waals surface area contributed by atoms with Crippen LogP contribution in [-0.2, 0) is 4.74 Å². The summed E-state index contributed by atoms with van der Waals surface area (Å²) < 4.78 is 6.52. The first-order valence-electron chi connectivity index (χ1n) is 7.00. The van der Waals surface area contributed by atoms with Gasteiger partial charge in [-0.1, -0.05) is 6.07 Å². The van der Waals surface area contributed by atoms with Crippen LogP contribution in [0.25, 0.3) is 5.69 Å². The van der Waals surface area contributed by atoms with E-state index in [4.69, 9.17) is 4.74 Å². The minimum atomic E-state index is -0.116. The zero-order valence-electron chi connectivity index (χ0n) is 12.8. The molecule has 1 heterocycles. The van der Waals surface area contributed by atoms with Crippen LogP contribution in [0.15, 0.2) is 30.6 Å². The van der Waals surface area contributed by atoms with Crippen molar-refractivity contribution in [2.75, 3.05) is 40.4 Å². The number of benzene rings is 1. The number of aromatic nitrogens is 4. The molecule has 8 nitrogen and oxygen atoms in total. The van der Waals surface area contributed by atoms with Gasteiger partial charge < -0.3 is 15.0 Å². The Labute approximate surface area is 129 Å². The third-order valence-electron chi connectivity index (χ3n) is 3.18. The van der Waals surface area contributed by atoms with Crippen molar-refractivity contribution < 1.29 is 9.53 Å². The number of nitrogens with zero attached hydrogens (tertiary/aromatic N) is 5. The lowest BCUT2D eigenvalue weighted by atomic mass is 10.2. The molecule has 118 valence electrons. The van der Waals surface area contributed by atoms with E-state index in [2.05, 4.69) is 25.7 Å². The number of carbonyl (C=O) groups excluding carboxylic acids is 1. The maximum atomic E-state index is 12.1. The summed E-state index contributed by atoms with van der Waals surface area (Å²) in [6.07, 6.45) is 1.49. The van der Waals surface area contributed by atoms with Gasteiger partial charge in [0.25, 0.3) is 5.91 Å². The predicted molar refractivity (Wildman–Crippen MR) is 80.9 cm³/mol. The third-order valence-corrected chi connectivity index (χ3v) is 3.18. The molecule has 0 radical (unpaired) electrons. The number of rotatable bonds is 8. The lowest BCUT2D eigenvalue weighted by Gasteiger charge is -2.16. The minimum Gasteiger partial charge on any atom is -0.383 e. The molecule has 2 rings (SSSR count). The molecular formula is C14H20N6O2. The van der Waals surface area contributed by atoms with E-state index in [0.29, 0.717) is 18.7 Å². The highest BCUT2D eigenvalue weighted by molar-refractivity contribution is 5.94. The van der Waals surface area contributed by atoms with Crippen molar-refractivity contribution in [1.29, 1.82) is 0 Å². The number of ether oxygens (including phenoxy) is 1. The van der Waals surface area contributed by atoms with Crippen LogP contribution in [0.1, 0.15) is 10.4 Å². The largest absolute Gasteiger partial charge is 0.383 e. The van der Waals surface area contributed by atoms with Crippen LogP contribution < -0.4 is 5.32 Å². The highest BCUT2D eigenvalue weighted by atomic mass is 16.5. The number of tetrazole rings is 1. The normalized spacial score (nSPS) is 10.9. The Morgan fingerprint density at radius 2 is 2.27 bits per heavy atom. The summed E-state index contributed by atoms with van der Waals surface area (Å²) in [6.45, 7) is 2.86. The van der Waals surface area contributed by atoms with Gasteiger partial charge >= 0.3 is 0 Å². The van der Waals surface area contributed by atoms with Gasteiger partial charge in [-0.2, -0.15) is 0 Å². The number of amides is 1. The van der Waals surface area contributed by atoms with Gasteiger partial charge in [0.15, 0.2) is 0 Å². The second kappa shape index (κ2) is 8.20. The average Bonchev–Trinajstić information content (AvgIpc) is 3.07.